The highest BCUT2D eigenvalue weighted by molar-refractivity contribution is 5.37. The van der Waals surface area contributed by atoms with Gasteiger partial charge in [-0.15, -0.1) is 0 Å². The van der Waals surface area contributed by atoms with E-state index in [1.54, 1.807) is 0 Å². The summed E-state index contributed by atoms with van der Waals surface area (Å²) in [6, 6.07) is 9.55. The summed E-state index contributed by atoms with van der Waals surface area (Å²) >= 11 is 0. The number of hydrogen-bond donors (Lipinski definition) is 1. The molecule has 0 radical (unpaired) electrons. The molecule has 1 aliphatic heterocycles. The molecule has 0 bridgehead atoms. The summed E-state index contributed by atoms with van der Waals surface area (Å²) in [6.45, 7) is 6.46. The number of nitrogens with zero attached hydrogens (tertiary/aromatic N) is 2. The molecule has 1 aromatic carbocycles. The van der Waals surface area contributed by atoms with Crippen molar-refractivity contribution in [3.8, 4) is 0 Å². The van der Waals surface area contributed by atoms with Crippen LogP contribution in [0.3, 0.4) is 0 Å². The number of likely N-dealkylation sites (N-methyl/N-ethyl adjacent to an activating group) is 1. The molecule has 0 amide bonds. The van der Waals surface area contributed by atoms with E-state index >= 15 is 0 Å². The summed E-state index contributed by atoms with van der Waals surface area (Å²) in [7, 11) is 2.23. The molecule has 3 rings (SSSR count). The first-order chi connectivity index (χ1) is 9.67. The predicted octanol–water partition coefficient (Wildman–Crippen LogP) is 1.81. The molecule has 20 heavy (non-hydrogen) atoms. The van der Waals surface area contributed by atoms with Gasteiger partial charge < -0.3 is 10.6 Å². The summed E-state index contributed by atoms with van der Waals surface area (Å²) in [5, 5.41) is 0. The average Bonchev–Trinajstić information content (AvgIpc) is 2.49. The molecule has 2 N–H and O–H groups in total. The molecule has 2 unspecified atom stereocenters. The fraction of sp³-hybridized carbons (Fsp3) is 0.647. The molecule has 3 nitrogen and oxygen atoms in total. The third-order valence-electron chi connectivity index (χ3n) is 5.46. The van der Waals surface area contributed by atoms with Crippen molar-refractivity contribution in [3.05, 3.63) is 35.4 Å². The van der Waals surface area contributed by atoms with Gasteiger partial charge in [0.2, 0.25) is 0 Å². The van der Waals surface area contributed by atoms with Crippen molar-refractivity contribution < 1.29 is 0 Å². The second-order valence-electron chi connectivity index (χ2n) is 6.52. The number of piperazine rings is 1. The van der Waals surface area contributed by atoms with E-state index in [4.69, 9.17) is 5.73 Å². The second kappa shape index (κ2) is 5.47. The van der Waals surface area contributed by atoms with Crippen LogP contribution in [0.15, 0.2) is 24.3 Å². The largest absolute Gasteiger partial charge is 0.328 e. The summed E-state index contributed by atoms with van der Waals surface area (Å²) in [5.74, 6) is 0. The van der Waals surface area contributed by atoms with Gasteiger partial charge in [0.1, 0.15) is 0 Å². The van der Waals surface area contributed by atoms with Crippen LogP contribution in [0.1, 0.15) is 30.9 Å². The molecule has 2 aliphatic rings. The molecule has 0 aromatic heterocycles. The van der Waals surface area contributed by atoms with E-state index in [1.165, 1.54) is 30.4 Å². The zero-order valence-electron chi connectivity index (χ0n) is 12.8. The monoisotopic (exact) mass is 273 g/mol. The van der Waals surface area contributed by atoms with Gasteiger partial charge in [0, 0.05) is 32.2 Å². The van der Waals surface area contributed by atoms with Gasteiger partial charge in [-0.2, -0.15) is 0 Å². The smallest absolute Gasteiger partial charge is 0.0587 e. The van der Waals surface area contributed by atoms with E-state index in [0.29, 0.717) is 6.04 Å². The quantitative estimate of drug-likeness (QED) is 0.892. The predicted molar refractivity (Wildman–Crippen MR) is 83.8 cm³/mol. The fourth-order valence-electron chi connectivity index (χ4n) is 4.01. The molecule has 110 valence electrons. The normalized spacial score (nSPS) is 32.0. The van der Waals surface area contributed by atoms with Gasteiger partial charge in [-0.3, -0.25) is 4.90 Å². The Morgan fingerprint density at radius 1 is 1.30 bits per heavy atom. The molecular formula is C17H27N3. The van der Waals surface area contributed by atoms with Crippen molar-refractivity contribution >= 4 is 0 Å². The second-order valence-corrected chi connectivity index (χ2v) is 6.52. The average molecular weight is 273 g/mol. The van der Waals surface area contributed by atoms with Crippen molar-refractivity contribution in [1.29, 1.82) is 0 Å². The molecule has 3 heteroatoms. The minimum atomic E-state index is 0.0738. The summed E-state index contributed by atoms with van der Waals surface area (Å²) in [5.41, 5.74) is 9.38. The zero-order chi connectivity index (χ0) is 14.2. The van der Waals surface area contributed by atoms with Crippen LogP contribution in [0.4, 0.5) is 0 Å². The first kappa shape index (κ1) is 14.1. The number of benzene rings is 1. The Morgan fingerprint density at radius 3 is 2.85 bits per heavy atom. The molecule has 2 atom stereocenters. The summed E-state index contributed by atoms with van der Waals surface area (Å²) in [4.78, 5) is 5.12. The van der Waals surface area contributed by atoms with Crippen molar-refractivity contribution in [2.75, 3.05) is 33.2 Å². The Kier molecular flexibility index (Phi) is 3.85. The highest BCUT2D eigenvalue weighted by Gasteiger charge is 2.42. The molecular weight excluding hydrogens is 246 g/mol. The summed E-state index contributed by atoms with van der Waals surface area (Å²) < 4.78 is 0. The van der Waals surface area contributed by atoms with Crippen LogP contribution >= 0.6 is 0 Å². The van der Waals surface area contributed by atoms with Crippen LogP contribution in [0.5, 0.6) is 0 Å². The Labute approximate surface area is 122 Å². The maximum absolute atomic E-state index is 6.31. The van der Waals surface area contributed by atoms with Crippen molar-refractivity contribution in [1.82, 2.24) is 9.80 Å². The molecule has 1 saturated heterocycles. The molecule has 1 aliphatic carbocycles. The van der Waals surface area contributed by atoms with E-state index in [1.807, 2.05) is 0 Å². The van der Waals surface area contributed by atoms with Crippen LogP contribution in [0.25, 0.3) is 0 Å². The van der Waals surface area contributed by atoms with Gasteiger partial charge in [0.05, 0.1) is 5.54 Å². The van der Waals surface area contributed by atoms with Gasteiger partial charge in [0.25, 0.3) is 0 Å². The maximum atomic E-state index is 6.31. The van der Waals surface area contributed by atoms with Gasteiger partial charge in [-0.05, 0) is 44.4 Å². The Hall–Kier alpha value is -0.900. The van der Waals surface area contributed by atoms with Crippen molar-refractivity contribution in [2.45, 2.75) is 37.8 Å². The van der Waals surface area contributed by atoms with Crippen LogP contribution in [-0.4, -0.2) is 49.1 Å². The number of rotatable bonds is 2. The van der Waals surface area contributed by atoms with Crippen LogP contribution in [-0.2, 0) is 12.0 Å². The first-order valence-corrected chi connectivity index (χ1v) is 7.91. The van der Waals surface area contributed by atoms with Gasteiger partial charge in [-0.25, -0.2) is 0 Å². The highest BCUT2D eigenvalue weighted by Crippen LogP contribution is 2.40. The topological polar surface area (TPSA) is 32.5 Å². The number of nitrogens with two attached hydrogens (primary N) is 1. The number of hydrogen-bond acceptors (Lipinski definition) is 3. The van der Waals surface area contributed by atoms with Crippen LogP contribution < -0.4 is 5.73 Å². The lowest BCUT2D eigenvalue weighted by Crippen LogP contribution is -2.61. The Balaban J connectivity index is 1.96. The zero-order valence-corrected chi connectivity index (χ0v) is 12.8. The Bertz CT molecular complexity index is 473. The van der Waals surface area contributed by atoms with Gasteiger partial charge in [0.15, 0.2) is 0 Å². The van der Waals surface area contributed by atoms with E-state index in [0.717, 1.165) is 26.2 Å². The number of aryl methyl sites for hydroxylation is 1. The summed E-state index contributed by atoms with van der Waals surface area (Å²) in [6.07, 6.45) is 3.67. The fourth-order valence-corrected chi connectivity index (χ4v) is 4.01. The maximum Gasteiger partial charge on any atom is 0.0587 e. The molecule has 1 heterocycles. The van der Waals surface area contributed by atoms with E-state index < -0.39 is 0 Å². The highest BCUT2D eigenvalue weighted by atomic mass is 15.3. The standard InChI is InChI=1S/C17H27N3/c1-14-12-20(11-10-19(14)2)17(13-18)9-5-7-15-6-3-4-8-16(15)17/h3-4,6,8,14H,5,7,9-13,18H2,1-2H3. The van der Waals surface area contributed by atoms with E-state index in [-0.39, 0.29) is 5.54 Å². The Morgan fingerprint density at radius 2 is 2.10 bits per heavy atom. The first-order valence-electron chi connectivity index (χ1n) is 7.91. The molecule has 1 fully saturated rings. The third kappa shape index (κ3) is 2.18. The van der Waals surface area contributed by atoms with Crippen molar-refractivity contribution in [3.63, 3.8) is 0 Å². The molecule has 1 aromatic rings. The van der Waals surface area contributed by atoms with E-state index in [2.05, 4.69) is 48.0 Å². The van der Waals surface area contributed by atoms with Gasteiger partial charge in [-0.1, -0.05) is 24.3 Å². The van der Waals surface area contributed by atoms with Gasteiger partial charge >= 0.3 is 0 Å². The number of fused-ring (bicyclic) bond motifs is 1. The van der Waals surface area contributed by atoms with E-state index in [9.17, 15) is 0 Å². The molecule has 0 saturated carbocycles. The van der Waals surface area contributed by atoms with Crippen molar-refractivity contribution in [2.24, 2.45) is 5.73 Å². The van der Waals surface area contributed by atoms with Crippen LogP contribution in [0, 0.1) is 0 Å². The third-order valence-corrected chi connectivity index (χ3v) is 5.46. The van der Waals surface area contributed by atoms with Crippen LogP contribution in [0.2, 0.25) is 0 Å². The minimum Gasteiger partial charge on any atom is -0.328 e. The lowest BCUT2D eigenvalue weighted by Gasteiger charge is -2.51. The lowest BCUT2D eigenvalue weighted by atomic mass is 9.74. The SMILES string of the molecule is CC1CN(C2(CN)CCCc3ccccc32)CCN1C. The molecule has 0 spiro atoms. The minimum absolute atomic E-state index is 0.0738. The lowest BCUT2D eigenvalue weighted by molar-refractivity contribution is 0.00584.